The van der Waals surface area contributed by atoms with Crippen LogP contribution in [0.3, 0.4) is 0 Å². The molecular formula is C23H22F2N2O3S. The molecule has 0 aliphatic carbocycles. The number of thiazole rings is 1. The van der Waals surface area contributed by atoms with E-state index >= 15 is 0 Å². The number of aliphatic hydroxyl groups excluding tert-OH is 1. The maximum Gasteiger partial charge on any atom is 0.265 e. The number of amides is 1. The molecule has 3 aromatic rings. The first-order valence-corrected chi connectivity index (χ1v) is 10.9. The number of carbonyl (C=O) groups excluding carboxylic acids is 1. The van der Waals surface area contributed by atoms with Crippen molar-refractivity contribution in [2.45, 2.75) is 32.0 Å². The van der Waals surface area contributed by atoms with E-state index in [9.17, 15) is 18.7 Å². The van der Waals surface area contributed by atoms with Gasteiger partial charge in [-0.15, -0.1) is 11.3 Å². The molecular weight excluding hydrogens is 422 g/mol. The van der Waals surface area contributed by atoms with Gasteiger partial charge in [-0.3, -0.25) is 4.79 Å². The number of hydrogen-bond donors (Lipinski definition) is 1. The third-order valence-corrected chi connectivity index (χ3v) is 6.45. The van der Waals surface area contributed by atoms with Crippen LogP contribution in [-0.2, 0) is 0 Å². The van der Waals surface area contributed by atoms with Crippen LogP contribution < -0.4 is 4.74 Å². The summed E-state index contributed by atoms with van der Waals surface area (Å²) >= 11 is 1.27. The molecule has 2 aromatic carbocycles. The van der Waals surface area contributed by atoms with Gasteiger partial charge in [0.25, 0.3) is 5.91 Å². The van der Waals surface area contributed by atoms with Crippen LogP contribution in [-0.4, -0.2) is 46.2 Å². The van der Waals surface area contributed by atoms with E-state index < -0.39 is 18.0 Å². The highest BCUT2D eigenvalue weighted by molar-refractivity contribution is 7.17. The van der Waals surface area contributed by atoms with Crippen molar-refractivity contribution >= 4 is 17.2 Å². The lowest BCUT2D eigenvalue weighted by Gasteiger charge is -2.21. The molecule has 5 nitrogen and oxygen atoms in total. The predicted octanol–water partition coefficient (Wildman–Crippen LogP) is 4.44. The van der Waals surface area contributed by atoms with Gasteiger partial charge >= 0.3 is 0 Å². The summed E-state index contributed by atoms with van der Waals surface area (Å²) in [5.74, 6) is -0.533. The zero-order valence-electron chi connectivity index (χ0n) is 16.9. The van der Waals surface area contributed by atoms with Gasteiger partial charge < -0.3 is 14.7 Å². The topological polar surface area (TPSA) is 62.7 Å². The average Bonchev–Trinajstić information content (AvgIpc) is 3.04. The van der Waals surface area contributed by atoms with Crippen LogP contribution in [0.2, 0.25) is 0 Å². The molecule has 1 fully saturated rings. The minimum absolute atomic E-state index is 0.151. The maximum atomic E-state index is 13.4. The Morgan fingerprint density at radius 3 is 2.61 bits per heavy atom. The smallest absolute Gasteiger partial charge is 0.265 e. The minimum Gasteiger partial charge on any atom is -0.488 e. The van der Waals surface area contributed by atoms with Crippen LogP contribution in [0.25, 0.3) is 10.6 Å². The first-order valence-electron chi connectivity index (χ1n) is 10.0. The lowest BCUT2D eigenvalue weighted by atomic mass is 10.1. The van der Waals surface area contributed by atoms with Crippen LogP contribution >= 0.6 is 11.3 Å². The number of hydrogen-bond acceptors (Lipinski definition) is 5. The second-order valence-corrected chi connectivity index (χ2v) is 8.49. The summed E-state index contributed by atoms with van der Waals surface area (Å²) in [6.45, 7) is 2.56. The SMILES string of the molecule is Cc1nc(-c2ccc(F)cc2)sc1C(=O)N1CC[C@H](Oc2cccc(F)c2)[C@@H](O)CC1. The maximum absolute atomic E-state index is 13.4. The fraction of sp³-hybridized carbons (Fsp3) is 0.304. The monoisotopic (exact) mass is 444 g/mol. The molecule has 0 radical (unpaired) electrons. The highest BCUT2D eigenvalue weighted by Gasteiger charge is 2.30. The summed E-state index contributed by atoms with van der Waals surface area (Å²) in [4.78, 5) is 19.8. The molecule has 0 unspecified atom stereocenters. The number of benzene rings is 2. The number of aliphatic hydroxyl groups is 1. The molecule has 1 N–H and O–H groups in total. The molecule has 1 aromatic heterocycles. The van der Waals surface area contributed by atoms with Crippen LogP contribution in [0.15, 0.2) is 48.5 Å². The fourth-order valence-electron chi connectivity index (χ4n) is 3.57. The quantitative estimate of drug-likeness (QED) is 0.646. The molecule has 0 spiro atoms. The Balaban J connectivity index is 1.46. The zero-order valence-corrected chi connectivity index (χ0v) is 17.7. The van der Waals surface area contributed by atoms with Crippen molar-refractivity contribution in [3.63, 3.8) is 0 Å². The molecule has 1 saturated heterocycles. The van der Waals surface area contributed by atoms with Crippen LogP contribution in [0.4, 0.5) is 8.78 Å². The van der Waals surface area contributed by atoms with Crippen LogP contribution in [0.1, 0.15) is 28.2 Å². The van der Waals surface area contributed by atoms with Gasteiger partial charge in [0.05, 0.1) is 11.8 Å². The lowest BCUT2D eigenvalue weighted by Crippen LogP contribution is -2.32. The number of aryl methyl sites for hydroxylation is 1. The largest absolute Gasteiger partial charge is 0.488 e. The van der Waals surface area contributed by atoms with Crippen molar-refractivity contribution in [2.75, 3.05) is 13.1 Å². The van der Waals surface area contributed by atoms with Crippen molar-refractivity contribution < 1.29 is 23.4 Å². The Bertz CT molecular complexity index is 1070. The van der Waals surface area contributed by atoms with E-state index in [1.165, 1.54) is 35.6 Å². The number of carbonyl (C=O) groups is 1. The molecule has 0 bridgehead atoms. The average molecular weight is 445 g/mol. The molecule has 162 valence electrons. The summed E-state index contributed by atoms with van der Waals surface area (Å²) < 4.78 is 32.4. The molecule has 1 aliphatic heterocycles. The second kappa shape index (κ2) is 9.11. The molecule has 4 rings (SSSR count). The van der Waals surface area contributed by atoms with E-state index in [-0.39, 0.29) is 11.7 Å². The molecule has 0 saturated carbocycles. The van der Waals surface area contributed by atoms with Gasteiger partial charge in [-0.1, -0.05) is 6.07 Å². The van der Waals surface area contributed by atoms with Gasteiger partial charge in [0, 0.05) is 31.1 Å². The van der Waals surface area contributed by atoms with E-state index in [4.69, 9.17) is 4.74 Å². The molecule has 2 atom stereocenters. The minimum atomic E-state index is -0.765. The molecule has 1 amide bonds. The molecule has 1 aliphatic rings. The second-order valence-electron chi connectivity index (χ2n) is 7.49. The third-order valence-electron chi connectivity index (χ3n) is 5.26. The van der Waals surface area contributed by atoms with Gasteiger partial charge in [-0.05, 0) is 49.7 Å². The highest BCUT2D eigenvalue weighted by atomic mass is 32.1. The summed E-state index contributed by atoms with van der Waals surface area (Å²) in [6, 6.07) is 11.8. The van der Waals surface area contributed by atoms with Crippen molar-refractivity contribution in [1.29, 1.82) is 0 Å². The molecule has 31 heavy (non-hydrogen) atoms. The van der Waals surface area contributed by atoms with Gasteiger partial charge in [0.1, 0.15) is 33.4 Å². The van der Waals surface area contributed by atoms with E-state index in [0.717, 1.165) is 5.56 Å². The molecule has 2 heterocycles. The summed E-state index contributed by atoms with van der Waals surface area (Å²) in [6.07, 6.45) is -0.518. The van der Waals surface area contributed by atoms with E-state index in [1.54, 1.807) is 36.1 Å². The normalized spacial score (nSPS) is 19.2. The zero-order chi connectivity index (χ0) is 22.0. The Morgan fingerprint density at radius 2 is 1.87 bits per heavy atom. The number of halogens is 2. The number of ether oxygens (including phenoxy) is 1. The van der Waals surface area contributed by atoms with E-state index in [0.29, 0.717) is 47.3 Å². The number of aromatic nitrogens is 1. The Kier molecular flexibility index (Phi) is 6.29. The Labute approximate surface area is 182 Å². The van der Waals surface area contributed by atoms with Crippen molar-refractivity contribution in [3.8, 4) is 16.3 Å². The number of rotatable bonds is 4. The van der Waals surface area contributed by atoms with Crippen LogP contribution in [0.5, 0.6) is 5.75 Å². The lowest BCUT2D eigenvalue weighted by molar-refractivity contribution is 0.0348. The summed E-state index contributed by atoms with van der Waals surface area (Å²) in [5, 5.41) is 11.1. The van der Waals surface area contributed by atoms with Gasteiger partial charge in [0.15, 0.2) is 0 Å². The standard InChI is InChI=1S/C23H22F2N2O3S/c1-14-21(31-22(26-14)15-5-7-16(24)8-6-15)23(29)27-11-9-19(28)20(10-12-27)30-18-4-2-3-17(25)13-18/h2-8,13,19-20,28H,9-12H2,1H3/t19-,20-/m0/s1. The first-order chi connectivity index (χ1) is 14.9. The Hall–Kier alpha value is -2.84. The highest BCUT2D eigenvalue weighted by Crippen LogP contribution is 2.30. The molecule has 8 heteroatoms. The van der Waals surface area contributed by atoms with Crippen molar-refractivity contribution in [3.05, 3.63) is 70.7 Å². The fourth-order valence-corrected chi connectivity index (χ4v) is 4.61. The Morgan fingerprint density at radius 1 is 1.13 bits per heavy atom. The number of likely N-dealkylation sites (tertiary alicyclic amines) is 1. The van der Waals surface area contributed by atoms with Gasteiger partial charge in [-0.25, -0.2) is 13.8 Å². The van der Waals surface area contributed by atoms with Crippen molar-refractivity contribution in [1.82, 2.24) is 9.88 Å². The number of nitrogens with zero attached hydrogens (tertiary/aromatic N) is 2. The van der Waals surface area contributed by atoms with Gasteiger partial charge in [0.2, 0.25) is 0 Å². The van der Waals surface area contributed by atoms with Gasteiger partial charge in [-0.2, -0.15) is 0 Å². The van der Waals surface area contributed by atoms with Crippen molar-refractivity contribution in [2.24, 2.45) is 0 Å². The van der Waals surface area contributed by atoms with E-state index in [2.05, 4.69) is 4.98 Å². The van der Waals surface area contributed by atoms with Crippen LogP contribution in [0, 0.1) is 18.6 Å². The summed E-state index contributed by atoms with van der Waals surface area (Å²) in [7, 11) is 0. The first kappa shape index (κ1) is 21.4. The summed E-state index contributed by atoms with van der Waals surface area (Å²) in [5.41, 5.74) is 1.37. The van der Waals surface area contributed by atoms with E-state index in [1.807, 2.05) is 0 Å². The third kappa shape index (κ3) is 4.91. The predicted molar refractivity (Wildman–Crippen MR) is 114 cm³/mol.